The number of aryl methyl sites for hydroxylation is 1. The van der Waals surface area contributed by atoms with E-state index in [2.05, 4.69) is 15.4 Å². The summed E-state index contributed by atoms with van der Waals surface area (Å²) in [4.78, 5) is 11.9. The van der Waals surface area contributed by atoms with Crippen molar-refractivity contribution in [2.45, 2.75) is 6.54 Å². The number of aromatic nitrogens is 6. The standard InChI is InChI=1S/C10H10N6O/c1-14-6-8(11-13-14)7-16-10(17)15-5-3-2-4-9(15)12-16/h2-6H,7H2,1H3. The lowest BCUT2D eigenvalue weighted by molar-refractivity contribution is 0.643. The molecule has 3 heterocycles. The van der Waals surface area contributed by atoms with Crippen molar-refractivity contribution >= 4 is 5.65 Å². The largest absolute Gasteiger partial charge is 0.350 e. The highest BCUT2D eigenvalue weighted by molar-refractivity contribution is 5.35. The highest BCUT2D eigenvalue weighted by Gasteiger charge is 2.07. The van der Waals surface area contributed by atoms with Gasteiger partial charge in [0.15, 0.2) is 5.65 Å². The van der Waals surface area contributed by atoms with Crippen LogP contribution >= 0.6 is 0 Å². The highest BCUT2D eigenvalue weighted by Crippen LogP contribution is 1.98. The fraction of sp³-hybridized carbons (Fsp3) is 0.200. The summed E-state index contributed by atoms with van der Waals surface area (Å²) in [5.41, 5.74) is 1.16. The highest BCUT2D eigenvalue weighted by atomic mass is 16.2. The van der Waals surface area contributed by atoms with Crippen LogP contribution in [0.1, 0.15) is 5.69 Å². The van der Waals surface area contributed by atoms with Crippen LogP contribution in [0.4, 0.5) is 0 Å². The fourth-order valence-corrected chi connectivity index (χ4v) is 1.69. The van der Waals surface area contributed by atoms with Crippen molar-refractivity contribution in [3.05, 3.63) is 46.8 Å². The van der Waals surface area contributed by atoms with Gasteiger partial charge in [-0.25, -0.2) is 9.48 Å². The third-order valence-corrected chi connectivity index (χ3v) is 2.45. The van der Waals surface area contributed by atoms with Gasteiger partial charge in [-0.3, -0.25) is 9.08 Å². The normalized spacial score (nSPS) is 11.1. The number of rotatable bonds is 2. The van der Waals surface area contributed by atoms with Crippen molar-refractivity contribution in [1.29, 1.82) is 0 Å². The second-order valence-corrected chi connectivity index (χ2v) is 3.75. The van der Waals surface area contributed by atoms with Crippen molar-refractivity contribution in [1.82, 2.24) is 29.2 Å². The quantitative estimate of drug-likeness (QED) is 0.604. The van der Waals surface area contributed by atoms with Gasteiger partial charge < -0.3 is 0 Å². The van der Waals surface area contributed by atoms with E-state index in [0.717, 1.165) is 0 Å². The number of pyridine rings is 1. The molecule has 3 aromatic rings. The van der Waals surface area contributed by atoms with Gasteiger partial charge in [0.2, 0.25) is 0 Å². The molecule has 0 aliphatic rings. The van der Waals surface area contributed by atoms with Gasteiger partial charge in [0.25, 0.3) is 0 Å². The van der Waals surface area contributed by atoms with Crippen molar-refractivity contribution in [2.24, 2.45) is 7.05 Å². The SMILES string of the molecule is Cn1cc(Cn2nc3ccccn3c2=O)nn1. The molecule has 0 atom stereocenters. The molecular formula is C10H10N6O. The first-order chi connectivity index (χ1) is 8.24. The topological polar surface area (TPSA) is 70.0 Å². The van der Waals surface area contributed by atoms with Crippen LogP contribution in [0.5, 0.6) is 0 Å². The first kappa shape index (κ1) is 9.76. The summed E-state index contributed by atoms with van der Waals surface area (Å²) in [6.45, 7) is 0.328. The van der Waals surface area contributed by atoms with E-state index in [9.17, 15) is 4.79 Å². The first-order valence-corrected chi connectivity index (χ1v) is 5.13. The van der Waals surface area contributed by atoms with Crippen molar-refractivity contribution in [3.63, 3.8) is 0 Å². The maximum atomic E-state index is 11.9. The minimum atomic E-state index is -0.175. The second-order valence-electron chi connectivity index (χ2n) is 3.75. The van der Waals surface area contributed by atoms with E-state index in [1.54, 1.807) is 36.3 Å². The Balaban J connectivity index is 2.06. The molecule has 0 saturated heterocycles. The Morgan fingerprint density at radius 3 is 2.94 bits per heavy atom. The monoisotopic (exact) mass is 230 g/mol. The van der Waals surface area contributed by atoms with Gasteiger partial charge in [-0.05, 0) is 12.1 Å². The van der Waals surface area contributed by atoms with E-state index < -0.39 is 0 Å². The molecule has 0 aliphatic carbocycles. The van der Waals surface area contributed by atoms with Crippen LogP contribution in [0.2, 0.25) is 0 Å². The van der Waals surface area contributed by atoms with E-state index in [1.807, 2.05) is 6.07 Å². The maximum absolute atomic E-state index is 11.9. The van der Waals surface area contributed by atoms with E-state index in [0.29, 0.717) is 17.9 Å². The smallest absolute Gasteiger partial charge is 0.255 e. The summed E-state index contributed by atoms with van der Waals surface area (Å²) < 4.78 is 4.46. The zero-order valence-electron chi connectivity index (χ0n) is 9.19. The van der Waals surface area contributed by atoms with Crippen LogP contribution in [0.3, 0.4) is 0 Å². The van der Waals surface area contributed by atoms with E-state index >= 15 is 0 Å². The van der Waals surface area contributed by atoms with Crippen LogP contribution < -0.4 is 5.69 Å². The maximum Gasteiger partial charge on any atom is 0.350 e. The Hall–Kier alpha value is -2.44. The molecule has 0 fully saturated rings. The number of fused-ring (bicyclic) bond motifs is 1. The lowest BCUT2D eigenvalue weighted by atomic mass is 10.5. The summed E-state index contributed by atoms with van der Waals surface area (Å²) in [6.07, 6.45) is 3.45. The zero-order chi connectivity index (χ0) is 11.8. The molecule has 0 saturated carbocycles. The number of nitrogens with zero attached hydrogens (tertiary/aromatic N) is 6. The molecule has 3 aromatic heterocycles. The minimum absolute atomic E-state index is 0.175. The molecule has 0 amide bonds. The Morgan fingerprint density at radius 2 is 2.24 bits per heavy atom. The van der Waals surface area contributed by atoms with E-state index in [4.69, 9.17) is 0 Å². The molecule has 3 rings (SSSR count). The summed E-state index contributed by atoms with van der Waals surface area (Å²) in [5.74, 6) is 0. The van der Waals surface area contributed by atoms with Crippen LogP contribution in [0.15, 0.2) is 35.4 Å². The number of hydrogen-bond acceptors (Lipinski definition) is 4. The molecule has 7 heteroatoms. The lowest BCUT2D eigenvalue weighted by Crippen LogP contribution is -2.21. The minimum Gasteiger partial charge on any atom is -0.255 e. The van der Waals surface area contributed by atoms with Gasteiger partial charge in [0, 0.05) is 13.2 Å². The van der Waals surface area contributed by atoms with Gasteiger partial charge in [-0.2, -0.15) is 0 Å². The van der Waals surface area contributed by atoms with Crippen LogP contribution in [-0.2, 0) is 13.6 Å². The molecule has 7 nitrogen and oxygen atoms in total. The molecule has 17 heavy (non-hydrogen) atoms. The van der Waals surface area contributed by atoms with Gasteiger partial charge >= 0.3 is 5.69 Å². The molecule has 0 bridgehead atoms. The van der Waals surface area contributed by atoms with E-state index in [1.165, 1.54) is 9.08 Å². The van der Waals surface area contributed by atoms with Crippen LogP contribution in [-0.4, -0.2) is 29.2 Å². The van der Waals surface area contributed by atoms with Crippen molar-refractivity contribution in [2.75, 3.05) is 0 Å². The molecule has 0 unspecified atom stereocenters. The molecule has 0 aromatic carbocycles. The third kappa shape index (κ3) is 1.61. The fourth-order valence-electron chi connectivity index (χ4n) is 1.69. The van der Waals surface area contributed by atoms with Gasteiger partial charge in [0.05, 0.1) is 12.7 Å². The van der Waals surface area contributed by atoms with Crippen molar-refractivity contribution < 1.29 is 0 Å². The summed E-state index contributed by atoms with van der Waals surface area (Å²) in [7, 11) is 1.78. The van der Waals surface area contributed by atoms with Gasteiger partial charge in [0.1, 0.15) is 5.69 Å². The molecule has 0 radical (unpaired) electrons. The number of hydrogen-bond donors (Lipinski definition) is 0. The molecular weight excluding hydrogens is 220 g/mol. The lowest BCUT2D eigenvalue weighted by Gasteiger charge is -1.92. The zero-order valence-corrected chi connectivity index (χ0v) is 9.19. The van der Waals surface area contributed by atoms with Gasteiger partial charge in [-0.15, -0.1) is 10.2 Å². The molecule has 86 valence electrons. The first-order valence-electron chi connectivity index (χ1n) is 5.13. The summed E-state index contributed by atoms with van der Waals surface area (Å²) >= 11 is 0. The van der Waals surface area contributed by atoms with Crippen molar-refractivity contribution in [3.8, 4) is 0 Å². The Labute approximate surface area is 95.9 Å². The third-order valence-electron chi connectivity index (χ3n) is 2.45. The predicted octanol–water partition coefficient (Wildman–Crippen LogP) is -0.327. The molecule has 0 aliphatic heterocycles. The summed E-state index contributed by atoms with van der Waals surface area (Å²) in [6, 6.07) is 5.42. The Morgan fingerprint density at radius 1 is 1.35 bits per heavy atom. The van der Waals surface area contributed by atoms with E-state index in [-0.39, 0.29) is 5.69 Å². The van der Waals surface area contributed by atoms with Crippen LogP contribution in [0, 0.1) is 0 Å². The molecule has 0 N–H and O–H groups in total. The Bertz CT molecular complexity index is 722. The Kier molecular flexibility index (Phi) is 2.04. The van der Waals surface area contributed by atoms with Crippen LogP contribution in [0.25, 0.3) is 5.65 Å². The summed E-state index contributed by atoms with van der Waals surface area (Å²) in [5, 5.41) is 11.9. The average Bonchev–Trinajstić information content (AvgIpc) is 2.86. The average molecular weight is 230 g/mol. The molecule has 0 spiro atoms. The second kappa shape index (κ2) is 3.55. The van der Waals surface area contributed by atoms with Gasteiger partial charge in [-0.1, -0.05) is 11.3 Å². The predicted molar refractivity (Wildman–Crippen MR) is 59.6 cm³/mol.